The molecular weight excluding hydrogens is 1260 g/mol. The number of unbranched alkanes of at least 4 members (excludes halogenated alkanes) is 42. The number of aliphatic hydroxyl groups excluding tert-OH is 1. The Morgan fingerprint density at radius 3 is 0.792 bits per heavy atom. The topological polar surface area (TPSA) is 237 Å². The highest BCUT2D eigenvalue weighted by Crippen LogP contribution is 2.45. The first kappa shape index (κ1) is 94.1. The van der Waals surface area contributed by atoms with Crippen molar-refractivity contribution in [2.24, 2.45) is 17.8 Å². The van der Waals surface area contributed by atoms with Crippen LogP contribution in [0.3, 0.4) is 0 Å². The lowest BCUT2D eigenvalue weighted by Gasteiger charge is -2.21. The maximum absolute atomic E-state index is 13.1. The minimum absolute atomic E-state index is 0.105. The van der Waals surface area contributed by atoms with E-state index in [2.05, 4.69) is 48.5 Å². The summed E-state index contributed by atoms with van der Waals surface area (Å²) in [5, 5.41) is 10.6. The second-order valence-corrected chi connectivity index (χ2v) is 31.8. The van der Waals surface area contributed by atoms with Gasteiger partial charge in [0.15, 0.2) is 12.2 Å². The molecule has 3 N–H and O–H groups in total. The van der Waals surface area contributed by atoms with E-state index in [0.717, 1.165) is 108 Å². The van der Waals surface area contributed by atoms with Gasteiger partial charge >= 0.3 is 39.5 Å². The number of hydrogen-bond donors (Lipinski definition) is 3. The van der Waals surface area contributed by atoms with Crippen molar-refractivity contribution in [3.8, 4) is 0 Å². The van der Waals surface area contributed by atoms with Crippen LogP contribution < -0.4 is 0 Å². The number of carbonyl (C=O) groups excluding carboxylic acids is 4. The van der Waals surface area contributed by atoms with Crippen LogP contribution in [0.25, 0.3) is 0 Å². The first-order valence-electron chi connectivity index (χ1n) is 39.9. The fraction of sp³-hybridized carbons (Fsp3) is 0.948. The number of aliphatic hydroxyl groups is 1. The Balaban J connectivity index is 5.22. The molecule has 0 aromatic rings. The van der Waals surface area contributed by atoms with E-state index in [0.29, 0.717) is 31.6 Å². The van der Waals surface area contributed by atoms with Crippen LogP contribution in [-0.2, 0) is 65.4 Å². The highest BCUT2D eigenvalue weighted by Gasteiger charge is 2.30. The molecule has 3 unspecified atom stereocenters. The summed E-state index contributed by atoms with van der Waals surface area (Å²) in [4.78, 5) is 72.8. The maximum Gasteiger partial charge on any atom is 0.472 e. The van der Waals surface area contributed by atoms with Crippen LogP contribution in [0.2, 0.25) is 0 Å². The molecule has 0 spiro atoms. The van der Waals surface area contributed by atoms with Crippen LogP contribution in [-0.4, -0.2) is 96.7 Å². The number of hydrogen-bond acceptors (Lipinski definition) is 15. The molecule has 0 aliphatic heterocycles. The van der Waals surface area contributed by atoms with E-state index in [1.54, 1.807) is 0 Å². The molecule has 0 heterocycles. The van der Waals surface area contributed by atoms with Crippen molar-refractivity contribution in [1.82, 2.24) is 0 Å². The Morgan fingerprint density at radius 1 is 0.302 bits per heavy atom. The van der Waals surface area contributed by atoms with Crippen LogP contribution in [0, 0.1) is 17.8 Å². The SMILES string of the molecule is CCCCCCCCCCCCCCCCCCCCCCC(=O)O[C@H](COC(=O)CCCCCCCCCCCCC(C)CC)COP(=O)(O)OC[C@@H](O)COP(=O)(O)OC[C@@H](COC(=O)CCCCCCCCC(C)C)OC(=O)CCCCCCCCCCCCC(C)C. The van der Waals surface area contributed by atoms with Gasteiger partial charge in [0.1, 0.15) is 19.3 Å². The number of phosphoric ester groups is 2. The average molecular weight is 1410 g/mol. The molecule has 0 aliphatic rings. The number of carbonyl (C=O) groups is 4. The van der Waals surface area contributed by atoms with Gasteiger partial charge < -0.3 is 33.8 Å². The molecule has 0 aliphatic carbocycles. The molecule has 0 radical (unpaired) electrons. The molecule has 0 amide bonds. The van der Waals surface area contributed by atoms with Gasteiger partial charge in [-0.05, 0) is 43.4 Å². The zero-order chi connectivity index (χ0) is 70.9. The van der Waals surface area contributed by atoms with E-state index in [1.807, 2.05) is 0 Å². The van der Waals surface area contributed by atoms with Gasteiger partial charge in [0.2, 0.25) is 0 Å². The average Bonchev–Trinajstić information content (AvgIpc) is 1.14. The molecular formula is C77H150O17P2. The predicted octanol–water partition coefficient (Wildman–Crippen LogP) is 22.6. The molecule has 0 aromatic carbocycles. The molecule has 0 fully saturated rings. The first-order valence-corrected chi connectivity index (χ1v) is 42.9. The van der Waals surface area contributed by atoms with Crippen LogP contribution in [0.5, 0.6) is 0 Å². The Kier molecular flexibility index (Phi) is 66.2. The van der Waals surface area contributed by atoms with Crippen LogP contribution >= 0.6 is 15.6 Å². The van der Waals surface area contributed by atoms with Crippen LogP contribution in [0.4, 0.5) is 0 Å². The molecule has 0 aromatic heterocycles. The van der Waals surface area contributed by atoms with E-state index in [9.17, 15) is 43.2 Å². The molecule has 0 rings (SSSR count). The number of ether oxygens (including phenoxy) is 4. The van der Waals surface area contributed by atoms with Crippen molar-refractivity contribution < 1.29 is 80.2 Å². The summed E-state index contributed by atoms with van der Waals surface area (Å²) in [6, 6.07) is 0. The number of phosphoric acid groups is 2. The molecule has 0 saturated carbocycles. The Bertz CT molecular complexity index is 1870. The summed E-state index contributed by atoms with van der Waals surface area (Å²) in [5.41, 5.74) is 0. The summed E-state index contributed by atoms with van der Waals surface area (Å²) in [5.74, 6) is 0.121. The van der Waals surface area contributed by atoms with Gasteiger partial charge in [-0.2, -0.15) is 0 Å². The molecule has 19 heteroatoms. The van der Waals surface area contributed by atoms with E-state index in [1.165, 1.54) is 199 Å². The fourth-order valence-electron chi connectivity index (χ4n) is 11.7. The summed E-state index contributed by atoms with van der Waals surface area (Å²) < 4.78 is 68.5. The third-order valence-corrected chi connectivity index (χ3v) is 20.1. The minimum Gasteiger partial charge on any atom is -0.462 e. The Morgan fingerprint density at radius 2 is 0.531 bits per heavy atom. The monoisotopic (exact) mass is 1410 g/mol. The second kappa shape index (κ2) is 67.5. The van der Waals surface area contributed by atoms with Crippen molar-refractivity contribution in [2.75, 3.05) is 39.6 Å². The Hall–Kier alpha value is -1.94. The molecule has 17 nitrogen and oxygen atoms in total. The molecule has 96 heavy (non-hydrogen) atoms. The lowest BCUT2D eigenvalue weighted by Crippen LogP contribution is -2.30. The van der Waals surface area contributed by atoms with Gasteiger partial charge in [0.05, 0.1) is 26.4 Å². The van der Waals surface area contributed by atoms with Crippen molar-refractivity contribution >= 4 is 39.5 Å². The summed E-state index contributed by atoms with van der Waals surface area (Å²) >= 11 is 0. The fourth-order valence-corrected chi connectivity index (χ4v) is 13.3. The van der Waals surface area contributed by atoms with E-state index < -0.39 is 97.5 Å². The zero-order valence-electron chi connectivity index (χ0n) is 62.8. The third-order valence-electron chi connectivity index (χ3n) is 18.2. The summed E-state index contributed by atoms with van der Waals surface area (Å²) in [7, 11) is -9.91. The normalized spacial score (nSPS) is 14.3. The lowest BCUT2D eigenvalue weighted by molar-refractivity contribution is -0.161. The molecule has 570 valence electrons. The van der Waals surface area contributed by atoms with Crippen molar-refractivity contribution in [2.45, 2.75) is 414 Å². The smallest absolute Gasteiger partial charge is 0.462 e. The highest BCUT2D eigenvalue weighted by atomic mass is 31.2. The highest BCUT2D eigenvalue weighted by molar-refractivity contribution is 7.47. The van der Waals surface area contributed by atoms with Gasteiger partial charge in [0.25, 0.3) is 0 Å². The summed E-state index contributed by atoms with van der Waals surface area (Å²) in [6.45, 7) is 11.8. The van der Waals surface area contributed by atoms with Gasteiger partial charge in [-0.1, -0.05) is 344 Å². The lowest BCUT2D eigenvalue weighted by atomic mass is 9.99. The van der Waals surface area contributed by atoms with Crippen molar-refractivity contribution in [1.29, 1.82) is 0 Å². The van der Waals surface area contributed by atoms with E-state index >= 15 is 0 Å². The predicted molar refractivity (Wildman–Crippen MR) is 391 cm³/mol. The molecule has 6 atom stereocenters. The quantitative estimate of drug-likeness (QED) is 0.0222. The summed E-state index contributed by atoms with van der Waals surface area (Å²) in [6.07, 6.45) is 54.3. The molecule has 0 saturated heterocycles. The maximum atomic E-state index is 13.1. The third kappa shape index (κ3) is 69.2. The van der Waals surface area contributed by atoms with Crippen LogP contribution in [0.15, 0.2) is 0 Å². The number of rotatable bonds is 75. The van der Waals surface area contributed by atoms with E-state index in [-0.39, 0.29) is 25.7 Å². The van der Waals surface area contributed by atoms with Crippen molar-refractivity contribution in [3.63, 3.8) is 0 Å². The first-order chi connectivity index (χ1) is 46.3. The van der Waals surface area contributed by atoms with Crippen LogP contribution in [0.1, 0.15) is 395 Å². The van der Waals surface area contributed by atoms with Crippen molar-refractivity contribution in [3.05, 3.63) is 0 Å². The largest absolute Gasteiger partial charge is 0.472 e. The molecule has 0 bridgehead atoms. The Labute approximate surface area is 588 Å². The van der Waals surface area contributed by atoms with Gasteiger partial charge in [0, 0.05) is 25.7 Å². The standard InChI is InChI=1S/C77H150O17P2/c1-8-10-11-12-13-14-15-16-17-18-19-20-21-22-23-24-32-37-46-53-60-76(81)93-72(64-87-74(79)58-51-44-36-31-28-26-30-35-43-50-57-70(7)9-2)66-91-95(83,84)89-62-71(78)63-90-96(85,86)92-67-73(65-88-75(80)59-52-45-40-39-42-49-56-69(5)6)94-77(82)61-54-47-38-33-27-25-29-34-41-48-55-68(3)4/h68-73,78H,8-67H2,1-7H3,(H,83,84)(H,85,86)/t70?,71-,72-,73-/m1/s1. The van der Waals surface area contributed by atoms with Gasteiger partial charge in [-0.15, -0.1) is 0 Å². The second-order valence-electron chi connectivity index (χ2n) is 28.9. The van der Waals surface area contributed by atoms with Gasteiger partial charge in [-0.25, -0.2) is 9.13 Å². The minimum atomic E-state index is -4.96. The van der Waals surface area contributed by atoms with Gasteiger partial charge in [-0.3, -0.25) is 37.3 Å². The number of esters is 4. The van der Waals surface area contributed by atoms with E-state index in [4.69, 9.17) is 37.0 Å². The zero-order valence-corrected chi connectivity index (χ0v) is 64.6.